The third-order valence-electron chi connectivity index (χ3n) is 4.55. The molecule has 0 radical (unpaired) electrons. The van der Waals surface area contributed by atoms with E-state index in [-0.39, 0.29) is 0 Å². The average Bonchev–Trinajstić information content (AvgIpc) is 2.89. The van der Waals surface area contributed by atoms with Crippen molar-refractivity contribution in [2.24, 2.45) is 11.8 Å². The number of benzene rings is 1. The summed E-state index contributed by atoms with van der Waals surface area (Å²) in [5, 5.41) is 3.49. The summed E-state index contributed by atoms with van der Waals surface area (Å²) in [6.07, 6.45) is 2.80. The summed E-state index contributed by atoms with van der Waals surface area (Å²) in [5.41, 5.74) is 1.45. The zero-order valence-corrected chi connectivity index (χ0v) is 10.6. The third-order valence-corrected chi connectivity index (χ3v) is 4.55. The Morgan fingerprint density at radius 3 is 2.76 bits per heavy atom. The lowest BCUT2D eigenvalue weighted by Gasteiger charge is -2.20. The lowest BCUT2D eigenvalue weighted by Crippen LogP contribution is -2.33. The maximum absolute atomic E-state index is 3.49. The van der Waals surface area contributed by atoms with Crippen LogP contribution in [-0.2, 0) is 6.54 Å². The molecule has 2 aliphatic rings. The lowest BCUT2D eigenvalue weighted by atomic mass is 9.98. The van der Waals surface area contributed by atoms with Crippen LogP contribution in [0.25, 0.3) is 0 Å². The smallest absolute Gasteiger partial charge is 0.0233 e. The Kier molecular flexibility index (Phi) is 3.17. The van der Waals surface area contributed by atoms with Crippen molar-refractivity contribution < 1.29 is 0 Å². The molecule has 1 N–H and O–H groups in total. The highest BCUT2D eigenvalue weighted by Crippen LogP contribution is 2.38. The van der Waals surface area contributed by atoms with Gasteiger partial charge in [0.2, 0.25) is 0 Å². The molecule has 92 valence electrons. The van der Waals surface area contributed by atoms with E-state index in [0.29, 0.717) is 0 Å². The maximum Gasteiger partial charge on any atom is 0.0233 e. The van der Waals surface area contributed by atoms with Gasteiger partial charge in [-0.3, -0.25) is 4.90 Å². The van der Waals surface area contributed by atoms with E-state index in [1.807, 2.05) is 0 Å². The Labute approximate surface area is 104 Å². The molecule has 2 fully saturated rings. The van der Waals surface area contributed by atoms with Crippen LogP contribution < -0.4 is 5.32 Å². The van der Waals surface area contributed by atoms with Gasteiger partial charge >= 0.3 is 0 Å². The quantitative estimate of drug-likeness (QED) is 0.855. The van der Waals surface area contributed by atoms with Crippen LogP contribution in [0.1, 0.15) is 18.4 Å². The highest BCUT2D eigenvalue weighted by molar-refractivity contribution is 5.15. The van der Waals surface area contributed by atoms with Gasteiger partial charge in [-0.15, -0.1) is 0 Å². The first-order valence-electron chi connectivity index (χ1n) is 6.80. The predicted octanol–water partition coefficient (Wildman–Crippen LogP) is 2.12. The van der Waals surface area contributed by atoms with Crippen molar-refractivity contribution in [1.82, 2.24) is 10.2 Å². The fourth-order valence-corrected chi connectivity index (χ4v) is 3.69. The van der Waals surface area contributed by atoms with Gasteiger partial charge in [-0.05, 0) is 37.3 Å². The van der Waals surface area contributed by atoms with Gasteiger partial charge < -0.3 is 5.32 Å². The monoisotopic (exact) mass is 230 g/mol. The first-order valence-corrected chi connectivity index (χ1v) is 6.80. The molecule has 0 unspecified atom stereocenters. The minimum Gasteiger partial charge on any atom is -0.317 e. The van der Waals surface area contributed by atoms with Crippen molar-refractivity contribution in [3.63, 3.8) is 0 Å². The molecular formula is C15H22N2. The molecule has 1 aliphatic carbocycles. The van der Waals surface area contributed by atoms with Crippen LogP contribution in [0.3, 0.4) is 0 Å². The number of fused-ring (bicyclic) bond motifs is 1. The van der Waals surface area contributed by atoms with E-state index in [9.17, 15) is 0 Å². The van der Waals surface area contributed by atoms with Gasteiger partial charge in [0.1, 0.15) is 0 Å². The number of rotatable bonds is 3. The topological polar surface area (TPSA) is 15.3 Å². The maximum atomic E-state index is 3.49. The number of likely N-dealkylation sites (tertiary alicyclic amines) is 1. The number of nitrogens with one attached hydrogen (secondary N) is 1. The number of hydrogen-bond donors (Lipinski definition) is 1. The molecule has 2 nitrogen and oxygen atoms in total. The molecule has 1 saturated heterocycles. The van der Waals surface area contributed by atoms with E-state index in [1.165, 1.54) is 31.5 Å². The normalized spacial score (nSPS) is 32.9. The molecular weight excluding hydrogens is 208 g/mol. The van der Waals surface area contributed by atoms with Gasteiger partial charge in [-0.2, -0.15) is 0 Å². The molecule has 3 atom stereocenters. The van der Waals surface area contributed by atoms with Crippen LogP contribution in [0.15, 0.2) is 30.3 Å². The largest absolute Gasteiger partial charge is 0.317 e. The summed E-state index contributed by atoms with van der Waals surface area (Å²) in [6.45, 7) is 3.72. The van der Waals surface area contributed by atoms with E-state index >= 15 is 0 Å². The minimum atomic E-state index is 0.765. The molecule has 17 heavy (non-hydrogen) atoms. The Morgan fingerprint density at radius 1 is 1.18 bits per heavy atom. The van der Waals surface area contributed by atoms with Crippen molar-refractivity contribution in [3.8, 4) is 0 Å². The average molecular weight is 230 g/mol. The van der Waals surface area contributed by atoms with Crippen LogP contribution in [0.2, 0.25) is 0 Å². The van der Waals surface area contributed by atoms with E-state index in [0.717, 1.165) is 24.4 Å². The molecule has 1 aliphatic heterocycles. The van der Waals surface area contributed by atoms with E-state index < -0.39 is 0 Å². The SMILES string of the molecule is CN[C@H]1CC[C@@H]2CN(Cc3ccccc3)C[C@@H]21. The van der Waals surface area contributed by atoms with Crippen LogP contribution in [0, 0.1) is 11.8 Å². The van der Waals surface area contributed by atoms with Crippen molar-refractivity contribution >= 4 is 0 Å². The van der Waals surface area contributed by atoms with Gasteiger partial charge in [0, 0.05) is 25.7 Å². The molecule has 3 rings (SSSR count). The molecule has 2 heteroatoms. The third kappa shape index (κ3) is 2.24. The molecule has 1 aromatic carbocycles. The molecule has 0 spiro atoms. The second kappa shape index (κ2) is 4.79. The molecule has 0 bridgehead atoms. The standard InChI is InChI=1S/C15H22N2/c1-16-15-8-7-13-10-17(11-14(13)15)9-12-5-3-2-4-6-12/h2-6,13-16H,7-11H2,1H3/t13-,14+,15+/m1/s1. The van der Waals surface area contributed by atoms with Crippen molar-refractivity contribution in [3.05, 3.63) is 35.9 Å². The van der Waals surface area contributed by atoms with Crippen molar-refractivity contribution in [2.75, 3.05) is 20.1 Å². The number of nitrogens with zero attached hydrogens (tertiary/aromatic N) is 1. The molecule has 0 aromatic heterocycles. The summed E-state index contributed by atoms with van der Waals surface area (Å²) in [5.74, 6) is 1.83. The summed E-state index contributed by atoms with van der Waals surface area (Å²) in [7, 11) is 2.12. The van der Waals surface area contributed by atoms with Gasteiger partial charge in [0.15, 0.2) is 0 Å². The Balaban J connectivity index is 1.62. The van der Waals surface area contributed by atoms with Gasteiger partial charge in [0.05, 0.1) is 0 Å². The number of hydrogen-bond acceptors (Lipinski definition) is 2. The lowest BCUT2D eigenvalue weighted by molar-refractivity contribution is 0.292. The predicted molar refractivity (Wildman–Crippen MR) is 70.8 cm³/mol. The van der Waals surface area contributed by atoms with E-state index in [4.69, 9.17) is 0 Å². The van der Waals surface area contributed by atoms with Gasteiger partial charge in [0.25, 0.3) is 0 Å². The van der Waals surface area contributed by atoms with E-state index in [1.54, 1.807) is 0 Å². The second-order valence-corrected chi connectivity index (χ2v) is 5.58. The Bertz CT molecular complexity index is 362. The Hall–Kier alpha value is -0.860. The molecule has 0 amide bonds. The zero-order valence-electron chi connectivity index (χ0n) is 10.6. The fourth-order valence-electron chi connectivity index (χ4n) is 3.69. The minimum absolute atomic E-state index is 0.765. The van der Waals surface area contributed by atoms with Crippen LogP contribution in [-0.4, -0.2) is 31.1 Å². The second-order valence-electron chi connectivity index (χ2n) is 5.58. The highest BCUT2D eigenvalue weighted by Gasteiger charge is 2.41. The summed E-state index contributed by atoms with van der Waals surface area (Å²) in [6, 6.07) is 11.6. The van der Waals surface area contributed by atoms with Crippen molar-refractivity contribution in [1.29, 1.82) is 0 Å². The molecule has 1 heterocycles. The first kappa shape index (κ1) is 11.2. The van der Waals surface area contributed by atoms with Gasteiger partial charge in [-0.25, -0.2) is 0 Å². The summed E-state index contributed by atoms with van der Waals surface area (Å²) in [4.78, 5) is 2.63. The van der Waals surface area contributed by atoms with Crippen molar-refractivity contribution in [2.45, 2.75) is 25.4 Å². The highest BCUT2D eigenvalue weighted by atomic mass is 15.2. The van der Waals surface area contributed by atoms with Crippen LogP contribution >= 0.6 is 0 Å². The zero-order chi connectivity index (χ0) is 11.7. The summed E-state index contributed by atoms with van der Waals surface area (Å²) >= 11 is 0. The fraction of sp³-hybridized carbons (Fsp3) is 0.600. The Morgan fingerprint density at radius 2 is 2.00 bits per heavy atom. The first-order chi connectivity index (χ1) is 8.36. The van der Waals surface area contributed by atoms with Gasteiger partial charge in [-0.1, -0.05) is 30.3 Å². The molecule has 1 saturated carbocycles. The van der Waals surface area contributed by atoms with Crippen LogP contribution in [0.5, 0.6) is 0 Å². The summed E-state index contributed by atoms with van der Waals surface area (Å²) < 4.78 is 0. The van der Waals surface area contributed by atoms with E-state index in [2.05, 4.69) is 47.6 Å². The molecule has 1 aromatic rings. The van der Waals surface area contributed by atoms with Crippen LogP contribution in [0.4, 0.5) is 0 Å².